The predicted molar refractivity (Wildman–Crippen MR) is 182 cm³/mol. The molecule has 0 aliphatic carbocycles. The molecule has 0 spiro atoms. The third-order valence-corrected chi connectivity index (χ3v) is 8.45. The van der Waals surface area contributed by atoms with Gasteiger partial charge in [0.25, 0.3) is 5.56 Å². The molecule has 0 bridgehead atoms. The van der Waals surface area contributed by atoms with Gasteiger partial charge in [-0.1, -0.05) is 54.6 Å². The van der Waals surface area contributed by atoms with Crippen molar-refractivity contribution < 1.29 is 47.9 Å². The second kappa shape index (κ2) is 17.1. The third kappa shape index (κ3) is 8.55. The van der Waals surface area contributed by atoms with Crippen LogP contribution in [0, 0.1) is 0 Å². The summed E-state index contributed by atoms with van der Waals surface area (Å²) >= 11 is 0. The molecule has 1 aliphatic rings. The van der Waals surface area contributed by atoms with Gasteiger partial charge < -0.3 is 38.3 Å². The number of ether oxygens (including phenoxy) is 7. The number of esters is 1. The average Bonchev–Trinajstić information content (AvgIpc) is 3.48. The van der Waals surface area contributed by atoms with E-state index in [2.05, 4.69) is 4.98 Å². The lowest BCUT2D eigenvalue weighted by Crippen LogP contribution is -2.47. The van der Waals surface area contributed by atoms with E-state index in [1.54, 1.807) is 14.2 Å². The molecule has 0 unspecified atom stereocenters. The molecule has 1 fully saturated rings. The first-order valence-electron chi connectivity index (χ1n) is 16.2. The fourth-order valence-corrected chi connectivity index (χ4v) is 5.97. The average molecular weight is 705 g/mol. The number of carbonyl (C=O) groups excluding carboxylic acids is 1. The van der Waals surface area contributed by atoms with E-state index in [4.69, 9.17) is 38.3 Å². The van der Waals surface area contributed by atoms with E-state index >= 15 is 0 Å². The Hall–Kier alpha value is -5.28. The molecule has 14 nitrogen and oxygen atoms in total. The Balaban J connectivity index is 1.70. The first-order valence-corrected chi connectivity index (χ1v) is 16.2. The standard InChI is InChI=1S/C37H40N2O12/c1-45-21-22-48-34-33(29(23-49-32(43)18-17-31(41)42)50-35(34)39-20-19-30(40)38-36(39)44)51-37(24-7-5-4-6-8-24,25-9-13-27(46-2)14-10-25)26-11-15-28(47-3)16-12-26/h4-16,19-20,29,33-35H,17-18,21-23H2,1-3H3,(H,41,42)(H,38,40,44)/t29-,33-,34-,35-/m1/s1. The van der Waals surface area contributed by atoms with E-state index in [9.17, 15) is 19.2 Å². The molecular formula is C37H40N2O12. The minimum absolute atomic E-state index is 0.0630. The minimum Gasteiger partial charge on any atom is -0.497 e. The number of nitrogens with one attached hydrogen (secondary N) is 1. The van der Waals surface area contributed by atoms with Gasteiger partial charge in [-0.3, -0.25) is 23.9 Å². The Kier molecular flexibility index (Phi) is 12.4. The molecule has 270 valence electrons. The zero-order valence-corrected chi connectivity index (χ0v) is 28.4. The zero-order chi connectivity index (χ0) is 36.4. The number of aliphatic carboxylic acids is 1. The normalized spacial score (nSPS) is 18.6. The molecule has 14 heteroatoms. The minimum atomic E-state index is -1.38. The summed E-state index contributed by atoms with van der Waals surface area (Å²) in [5, 5.41) is 9.09. The summed E-state index contributed by atoms with van der Waals surface area (Å²) in [4.78, 5) is 51.2. The smallest absolute Gasteiger partial charge is 0.330 e. The Labute approximate surface area is 293 Å². The van der Waals surface area contributed by atoms with Crippen molar-refractivity contribution in [3.05, 3.63) is 129 Å². The van der Waals surface area contributed by atoms with Crippen LogP contribution in [0.15, 0.2) is 101 Å². The summed E-state index contributed by atoms with van der Waals surface area (Å²) in [6, 6.07) is 25.4. The number of carboxylic acids is 1. The summed E-state index contributed by atoms with van der Waals surface area (Å²) in [6.45, 7) is -0.127. The second-order valence-electron chi connectivity index (χ2n) is 11.6. The van der Waals surface area contributed by atoms with Crippen molar-refractivity contribution in [2.45, 2.75) is 43.0 Å². The predicted octanol–water partition coefficient (Wildman–Crippen LogP) is 3.27. The van der Waals surface area contributed by atoms with Crippen molar-refractivity contribution in [1.29, 1.82) is 0 Å². The molecular weight excluding hydrogens is 664 g/mol. The van der Waals surface area contributed by atoms with Crippen LogP contribution in [0.1, 0.15) is 35.8 Å². The van der Waals surface area contributed by atoms with Crippen molar-refractivity contribution in [3.8, 4) is 11.5 Å². The van der Waals surface area contributed by atoms with Gasteiger partial charge in [0.1, 0.15) is 42.0 Å². The highest BCUT2D eigenvalue weighted by atomic mass is 16.6. The molecule has 2 heterocycles. The molecule has 0 saturated carbocycles. The maximum Gasteiger partial charge on any atom is 0.330 e. The van der Waals surface area contributed by atoms with Crippen LogP contribution in [-0.4, -0.2) is 86.1 Å². The Morgan fingerprint density at radius 1 is 0.804 bits per heavy atom. The number of rotatable bonds is 17. The number of aromatic nitrogens is 2. The molecule has 4 aromatic rings. The monoisotopic (exact) mass is 704 g/mol. The number of carbonyl (C=O) groups is 2. The Bertz CT molecular complexity index is 1810. The molecule has 2 N–H and O–H groups in total. The lowest BCUT2D eigenvalue weighted by molar-refractivity contribution is -0.157. The van der Waals surface area contributed by atoms with Gasteiger partial charge in [0.05, 0.1) is 40.3 Å². The molecule has 51 heavy (non-hydrogen) atoms. The largest absolute Gasteiger partial charge is 0.497 e. The molecule has 1 aliphatic heterocycles. The lowest BCUT2D eigenvalue weighted by Gasteiger charge is -2.40. The number of carboxylic acid groups (broad SMARTS) is 1. The molecule has 3 aromatic carbocycles. The van der Waals surface area contributed by atoms with Crippen LogP contribution in [-0.2, 0) is 38.9 Å². The van der Waals surface area contributed by atoms with Crippen LogP contribution >= 0.6 is 0 Å². The van der Waals surface area contributed by atoms with Crippen LogP contribution in [0.4, 0.5) is 0 Å². The molecule has 5 rings (SSSR count). The van der Waals surface area contributed by atoms with Gasteiger partial charge in [-0.15, -0.1) is 0 Å². The van der Waals surface area contributed by atoms with Crippen LogP contribution in [0.5, 0.6) is 11.5 Å². The van der Waals surface area contributed by atoms with Gasteiger partial charge >= 0.3 is 17.6 Å². The van der Waals surface area contributed by atoms with E-state index in [1.165, 1.54) is 23.9 Å². The van der Waals surface area contributed by atoms with E-state index < -0.39 is 59.7 Å². The van der Waals surface area contributed by atoms with E-state index in [-0.39, 0.29) is 26.2 Å². The fourth-order valence-electron chi connectivity index (χ4n) is 5.97. The summed E-state index contributed by atoms with van der Waals surface area (Å²) in [6.07, 6.45) is -3.83. The highest BCUT2D eigenvalue weighted by Crippen LogP contribution is 2.46. The van der Waals surface area contributed by atoms with Gasteiger partial charge in [-0.25, -0.2) is 4.79 Å². The SMILES string of the molecule is COCCO[C@@H]1[C@H](OC(c2ccccc2)(c2ccc(OC)cc2)c2ccc(OC)cc2)[C@@H](COC(=O)CCC(=O)O)O[C@H]1n1ccc(=O)[nH]c1=O. The lowest BCUT2D eigenvalue weighted by atomic mass is 9.79. The quantitative estimate of drug-likeness (QED) is 0.0935. The number of methoxy groups -OCH3 is 3. The maximum atomic E-state index is 13.1. The molecule has 1 saturated heterocycles. The van der Waals surface area contributed by atoms with Crippen molar-refractivity contribution in [2.75, 3.05) is 41.2 Å². The summed E-state index contributed by atoms with van der Waals surface area (Å²) in [5.74, 6) is -0.685. The number of H-pyrrole nitrogens is 1. The summed E-state index contributed by atoms with van der Waals surface area (Å²) in [5.41, 5.74) is -0.643. The van der Waals surface area contributed by atoms with Crippen LogP contribution in [0.3, 0.4) is 0 Å². The zero-order valence-electron chi connectivity index (χ0n) is 28.4. The van der Waals surface area contributed by atoms with E-state index in [1.807, 2.05) is 78.9 Å². The number of hydrogen-bond acceptors (Lipinski definition) is 11. The third-order valence-electron chi connectivity index (χ3n) is 8.45. The van der Waals surface area contributed by atoms with E-state index in [0.29, 0.717) is 22.6 Å². The Morgan fingerprint density at radius 2 is 1.41 bits per heavy atom. The van der Waals surface area contributed by atoms with Crippen LogP contribution in [0.2, 0.25) is 0 Å². The van der Waals surface area contributed by atoms with Crippen LogP contribution < -0.4 is 20.7 Å². The van der Waals surface area contributed by atoms with Gasteiger partial charge in [0.15, 0.2) is 6.23 Å². The Morgan fingerprint density at radius 3 is 1.96 bits per heavy atom. The maximum absolute atomic E-state index is 13.1. The van der Waals surface area contributed by atoms with Gasteiger partial charge in [-0.05, 0) is 41.0 Å². The summed E-state index contributed by atoms with van der Waals surface area (Å²) < 4.78 is 43.1. The van der Waals surface area contributed by atoms with Gasteiger partial charge in [0.2, 0.25) is 0 Å². The molecule has 1 aromatic heterocycles. The van der Waals surface area contributed by atoms with Crippen molar-refractivity contribution in [3.63, 3.8) is 0 Å². The van der Waals surface area contributed by atoms with Crippen LogP contribution in [0.25, 0.3) is 0 Å². The molecule has 0 radical (unpaired) electrons. The molecule has 0 amide bonds. The van der Waals surface area contributed by atoms with Gasteiger partial charge in [0, 0.05) is 19.4 Å². The first kappa shape index (κ1) is 37.0. The number of aromatic amines is 1. The first-order chi connectivity index (χ1) is 24.7. The van der Waals surface area contributed by atoms with Crippen molar-refractivity contribution in [1.82, 2.24) is 9.55 Å². The molecule has 4 atom stereocenters. The fraction of sp³-hybridized carbons (Fsp3) is 0.351. The van der Waals surface area contributed by atoms with Crippen molar-refractivity contribution >= 4 is 11.9 Å². The highest BCUT2D eigenvalue weighted by molar-refractivity contribution is 5.76. The van der Waals surface area contributed by atoms with E-state index in [0.717, 1.165) is 5.56 Å². The van der Waals surface area contributed by atoms with Crippen molar-refractivity contribution in [2.24, 2.45) is 0 Å². The number of nitrogens with zero attached hydrogens (tertiary/aromatic N) is 1. The second-order valence-corrected chi connectivity index (χ2v) is 11.6. The number of benzene rings is 3. The summed E-state index contributed by atoms with van der Waals surface area (Å²) in [7, 11) is 4.65. The number of hydrogen-bond donors (Lipinski definition) is 2. The topological polar surface area (TPSA) is 174 Å². The highest BCUT2D eigenvalue weighted by Gasteiger charge is 2.53. The van der Waals surface area contributed by atoms with Gasteiger partial charge in [-0.2, -0.15) is 0 Å².